The number of hydrogen-bond acceptors (Lipinski definition) is 3. The zero-order valence-corrected chi connectivity index (χ0v) is 10.9. The summed E-state index contributed by atoms with van der Waals surface area (Å²) in [7, 11) is 0. The molecule has 1 aromatic heterocycles. The summed E-state index contributed by atoms with van der Waals surface area (Å²) in [5, 5.41) is 3.69. The van der Waals surface area contributed by atoms with Crippen molar-refractivity contribution >= 4 is 35.2 Å². The Hall–Kier alpha value is -2.20. The highest BCUT2D eigenvalue weighted by Gasteiger charge is 2.12. The van der Waals surface area contributed by atoms with Crippen molar-refractivity contribution < 1.29 is 9.21 Å². The number of para-hydroxylation sites is 2. The molecule has 4 heteroatoms. The number of amides is 1. The molecule has 0 fully saturated rings. The number of nitrogens with one attached hydrogen (secondary N) is 1. The lowest BCUT2D eigenvalue weighted by molar-refractivity contribution is 0.0998. The molecule has 1 heterocycles. The number of carbonyl (C=O) groups excluding carboxylic acids is 1. The molecule has 0 radical (unpaired) electrons. The summed E-state index contributed by atoms with van der Waals surface area (Å²) in [6, 6.07) is 16.6. The fourth-order valence-electron chi connectivity index (χ4n) is 1.86. The van der Waals surface area contributed by atoms with Crippen LogP contribution >= 0.6 is 12.6 Å². The second-order valence-corrected chi connectivity index (χ2v) is 4.60. The maximum absolute atomic E-state index is 12.1. The average molecular weight is 269 g/mol. The van der Waals surface area contributed by atoms with E-state index in [1.807, 2.05) is 42.5 Å². The minimum Gasteiger partial charge on any atom is -0.451 e. The predicted molar refractivity (Wildman–Crippen MR) is 77.9 cm³/mol. The van der Waals surface area contributed by atoms with E-state index < -0.39 is 0 Å². The fourth-order valence-corrected chi connectivity index (χ4v) is 2.07. The Labute approximate surface area is 115 Å². The zero-order valence-electron chi connectivity index (χ0n) is 9.96. The maximum Gasteiger partial charge on any atom is 0.291 e. The van der Waals surface area contributed by atoms with Gasteiger partial charge in [0.25, 0.3) is 5.91 Å². The van der Waals surface area contributed by atoms with Crippen molar-refractivity contribution in [2.75, 3.05) is 5.32 Å². The summed E-state index contributed by atoms with van der Waals surface area (Å²) in [6.07, 6.45) is 0. The Balaban J connectivity index is 1.90. The minimum atomic E-state index is -0.280. The second-order valence-electron chi connectivity index (χ2n) is 4.12. The first-order valence-corrected chi connectivity index (χ1v) is 6.27. The Morgan fingerprint density at radius 3 is 2.58 bits per heavy atom. The molecule has 0 unspecified atom stereocenters. The van der Waals surface area contributed by atoms with Gasteiger partial charge in [-0.3, -0.25) is 4.79 Å². The molecular weight excluding hydrogens is 258 g/mol. The number of thiol groups is 1. The number of hydrogen-bond donors (Lipinski definition) is 2. The van der Waals surface area contributed by atoms with Crippen LogP contribution in [0.5, 0.6) is 0 Å². The van der Waals surface area contributed by atoms with Gasteiger partial charge in [0.2, 0.25) is 0 Å². The Morgan fingerprint density at radius 2 is 1.79 bits per heavy atom. The monoisotopic (exact) mass is 269 g/mol. The Morgan fingerprint density at radius 1 is 1.05 bits per heavy atom. The number of furan rings is 1. The van der Waals surface area contributed by atoms with Crippen LogP contribution in [-0.4, -0.2) is 5.91 Å². The molecule has 94 valence electrons. The van der Waals surface area contributed by atoms with E-state index >= 15 is 0 Å². The number of carbonyl (C=O) groups is 1. The van der Waals surface area contributed by atoms with E-state index in [1.54, 1.807) is 12.1 Å². The van der Waals surface area contributed by atoms with Crippen molar-refractivity contribution in [3.8, 4) is 0 Å². The second kappa shape index (κ2) is 4.82. The lowest BCUT2D eigenvalue weighted by atomic mass is 10.2. The molecule has 2 aromatic carbocycles. The molecule has 0 saturated heterocycles. The van der Waals surface area contributed by atoms with E-state index in [0.717, 1.165) is 5.39 Å². The van der Waals surface area contributed by atoms with Crippen LogP contribution in [0.15, 0.2) is 63.9 Å². The molecular formula is C15H11NO2S. The molecule has 1 N–H and O–H groups in total. The molecule has 0 saturated carbocycles. The molecule has 0 aliphatic carbocycles. The summed E-state index contributed by atoms with van der Waals surface area (Å²) >= 11 is 4.29. The summed E-state index contributed by atoms with van der Waals surface area (Å²) < 4.78 is 5.50. The van der Waals surface area contributed by atoms with E-state index in [4.69, 9.17) is 4.42 Å². The SMILES string of the molecule is O=C(Nc1ccccc1S)c1cc2ccccc2o1. The predicted octanol–water partition coefficient (Wildman–Crippen LogP) is 3.97. The van der Waals surface area contributed by atoms with E-state index in [2.05, 4.69) is 17.9 Å². The van der Waals surface area contributed by atoms with Crippen LogP contribution in [0.25, 0.3) is 11.0 Å². The molecule has 0 atom stereocenters. The summed E-state index contributed by atoms with van der Waals surface area (Å²) in [5.41, 5.74) is 1.36. The van der Waals surface area contributed by atoms with Gasteiger partial charge in [-0.15, -0.1) is 12.6 Å². The van der Waals surface area contributed by atoms with Crippen molar-refractivity contribution in [2.24, 2.45) is 0 Å². The molecule has 0 bridgehead atoms. The van der Waals surface area contributed by atoms with Gasteiger partial charge in [-0.25, -0.2) is 0 Å². The van der Waals surface area contributed by atoms with E-state index in [-0.39, 0.29) is 11.7 Å². The van der Waals surface area contributed by atoms with Crippen LogP contribution < -0.4 is 5.32 Å². The highest BCUT2D eigenvalue weighted by atomic mass is 32.1. The quantitative estimate of drug-likeness (QED) is 0.691. The number of rotatable bonds is 2. The lowest BCUT2D eigenvalue weighted by Crippen LogP contribution is -2.11. The van der Waals surface area contributed by atoms with Crippen LogP contribution in [0.2, 0.25) is 0 Å². The van der Waals surface area contributed by atoms with Crippen molar-refractivity contribution in [3.05, 3.63) is 60.4 Å². The van der Waals surface area contributed by atoms with Gasteiger partial charge in [0.05, 0.1) is 5.69 Å². The smallest absolute Gasteiger partial charge is 0.291 e. The first-order chi connectivity index (χ1) is 9.24. The van der Waals surface area contributed by atoms with Crippen molar-refractivity contribution in [3.63, 3.8) is 0 Å². The first-order valence-electron chi connectivity index (χ1n) is 5.82. The average Bonchev–Trinajstić information content (AvgIpc) is 2.85. The maximum atomic E-state index is 12.1. The van der Waals surface area contributed by atoms with E-state index in [0.29, 0.717) is 16.2 Å². The Kier molecular flexibility index (Phi) is 3.01. The topological polar surface area (TPSA) is 42.2 Å². The third kappa shape index (κ3) is 2.35. The summed E-state index contributed by atoms with van der Waals surface area (Å²) in [6.45, 7) is 0. The Bertz CT molecular complexity index is 715. The summed E-state index contributed by atoms with van der Waals surface area (Å²) in [5.74, 6) is 0.00971. The summed E-state index contributed by atoms with van der Waals surface area (Å²) in [4.78, 5) is 12.8. The van der Waals surface area contributed by atoms with Gasteiger partial charge in [0.15, 0.2) is 5.76 Å². The van der Waals surface area contributed by atoms with Crippen LogP contribution in [0, 0.1) is 0 Å². The van der Waals surface area contributed by atoms with Gasteiger partial charge in [0, 0.05) is 10.3 Å². The van der Waals surface area contributed by atoms with E-state index in [9.17, 15) is 4.79 Å². The number of fused-ring (bicyclic) bond motifs is 1. The minimum absolute atomic E-state index is 0.280. The van der Waals surface area contributed by atoms with Gasteiger partial charge in [-0.2, -0.15) is 0 Å². The highest BCUT2D eigenvalue weighted by molar-refractivity contribution is 7.80. The normalized spacial score (nSPS) is 10.6. The molecule has 1 amide bonds. The largest absolute Gasteiger partial charge is 0.451 e. The molecule has 19 heavy (non-hydrogen) atoms. The van der Waals surface area contributed by atoms with Gasteiger partial charge in [0.1, 0.15) is 5.58 Å². The molecule has 3 aromatic rings. The molecule has 3 nitrogen and oxygen atoms in total. The standard InChI is InChI=1S/C15H11NO2S/c17-15(16-11-6-2-4-8-14(11)19)13-9-10-5-1-3-7-12(10)18-13/h1-9,19H,(H,16,17). The van der Waals surface area contributed by atoms with Crippen LogP contribution in [0.4, 0.5) is 5.69 Å². The molecule has 3 rings (SSSR count). The van der Waals surface area contributed by atoms with Crippen molar-refractivity contribution in [1.82, 2.24) is 0 Å². The van der Waals surface area contributed by atoms with Gasteiger partial charge < -0.3 is 9.73 Å². The molecule has 0 aliphatic rings. The fraction of sp³-hybridized carbons (Fsp3) is 0. The third-order valence-corrected chi connectivity index (χ3v) is 3.19. The number of benzene rings is 2. The van der Waals surface area contributed by atoms with Gasteiger partial charge >= 0.3 is 0 Å². The van der Waals surface area contributed by atoms with Crippen molar-refractivity contribution in [2.45, 2.75) is 4.90 Å². The zero-order chi connectivity index (χ0) is 13.2. The first kappa shape index (κ1) is 11.9. The van der Waals surface area contributed by atoms with Crippen LogP contribution in [0.1, 0.15) is 10.6 Å². The lowest BCUT2D eigenvalue weighted by Gasteiger charge is -2.05. The van der Waals surface area contributed by atoms with Gasteiger partial charge in [-0.1, -0.05) is 30.3 Å². The van der Waals surface area contributed by atoms with Crippen molar-refractivity contribution in [1.29, 1.82) is 0 Å². The molecule has 0 spiro atoms. The van der Waals surface area contributed by atoms with Crippen LogP contribution in [0.3, 0.4) is 0 Å². The molecule has 0 aliphatic heterocycles. The third-order valence-electron chi connectivity index (χ3n) is 2.80. The highest BCUT2D eigenvalue weighted by Crippen LogP contribution is 2.22. The van der Waals surface area contributed by atoms with Gasteiger partial charge in [-0.05, 0) is 24.3 Å². The van der Waals surface area contributed by atoms with E-state index in [1.165, 1.54) is 0 Å². The number of anilines is 1. The van der Waals surface area contributed by atoms with Crippen LogP contribution in [-0.2, 0) is 0 Å².